The molecule has 1 aliphatic carbocycles. The summed E-state index contributed by atoms with van der Waals surface area (Å²) in [7, 11) is 0. The maximum Gasteiger partial charge on any atom is 0.240 e. The highest BCUT2D eigenvalue weighted by atomic mass is 35.5. The van der Waals surface area contributed by atoms with Crippen molar-refractivity contribution in [1.82, 2.24) is 15.5 Å². The predicted molar refractivity (Wildman–Crippen MR) is 92.5 cm³/mol. The molecule has 0 radical (unpaired) electrons. The van der Waals surface area contributed by atoms with Crippen molar-refractivity contribution in [3.05, 3.63) is 46.6 Å². The van der Waals surface area contributed by atoms with Gasteiger partial charge in [0.25, 0.3) is 0 Å². The molecule has 0 amide bonds. The number of halogens is 2. The van der Waals surface area contributed by atoms with E-state index in [9.17, 15) is 0 Å². The molecule has 7 heteroatoms. The first-order valence-electron chi connectivity index (χ1n) is 7.74. The Labute approximate surface area is 147 Å². The summed E-state index contributed by atoms with van der Waals surface area (Å²) in [5.41, 5.74) is 6.75. The lowest BCUT2D eigenvalue weighted by Crippen LogP contribution is -2.43. The highest BCUT2D eigenvalue weighted by Gasteiger charge is 2.33. The van der Waals surface area contributed by atoms with Gasteiger partial charge in [-0.1, -0.05) is 48.2 Å². The van der Waals surface area contributed by atoms with Gasteiger partial charge in [0.05, 0.1) is 13.1 Å². The van der Waals surface area contributed by atoms with Gasteiger partial charge in [0, 0.05) is 10.6 Å². The second kappa shape index (κ2) is 8.11. The summed E-state index contributed by atoms with van der Waals surface area (Å²) >= 11 is 6.02. The maximum absolute atomic E-state index is 6.02. The Balaban J connectivity index is 0.00000192. The van der Waals surface area contributed by atoms with Gasteiger partial charge in [-0.2, -0.15) is 4.98 Å². The van der Waals surface area contributed by atoms with Crippen LogP contribution in [0.4, 0.5) is 0 Å². The Kier molecular flexibility index (Phi) is 6.41. The highest BCUT2D eigenvalue weighted by Crippen LogP contribution is 2.37. The summed E-state index contributed by atoms with van der Waals surface area (Å²) in [5.74, 6) is 1.13. The lowest BCUT2D eigenvalue weighted by atomic mass is 9.76. The van der Waals surface area contributed by atoms with Crippen molar-refractivity contribution in [2.24, 2.45) is 5.73 Å². The van der Waals surface area contributed by atoms with Gasteiger partial charge < -0.3 is 15.6 Å². The van der Waals surface area contributed by atoms with Crippen molar-refractivity contribution in [2.75, 3.05) is 0 Å². The number of aromatic nitrogens is 2. The minimum absolute atomic E-state index is 0. The van der Waals surface area contributed by atoms with Crippen LogP contribution >= 0.6 is 24.0 Å². The maximum atomic E-state index is 6.02. The van der Waals surface area contributed by atoms with Crippen molar-refractivity contribution in [3.63, 3.8) is 0 Å². The van der Waals surface area contributed by atoms with E-state index in [1.165, 1.54) is 24.8 Å². The van der Waals surface area contributed by atoms with E-state index >= 15 is 0 Å². The monoisotopic (exact) mass is 356 g/mol. The first kappa shape index (κ1) is 18.2. The standard InChI is InChI=1S/C16H21ClN4O.ClH/c17-13-6-4-12(5-7-13)16(8-2-1-3-9-16)19-11-14-20-15(10-18)22-21-14;/h4-7,19H,1-3,8-11,18H2;1H. The number of nitrogens with zero attached hydrogens (tertiary/aromatic N) is 2. The van der Waals surface area contributed by atoms with Crippen LogP contribution in [0.25, 0.3) is 0 Å². The molecular weight excluding hydrogens is 335 g/mol. The van der Waals surface area contributed by atoms with Gasteiger partial charge in [-0.15, -0.1) is 12.4 Å². The SMILES string of the molecule is Cl.NCc1nc(CNC2(c3ccc(Cl)cc3)CCCCC2)no1. The zero-order valence-electron chi connectivity index (χ0n) is 12.9. The van der Waals surface area contributed by atoms with Gasteiger partial charge in [-0.3, -0.25) is 0 Å². The van der Waals surface area contributed by atoms with Gasteiger partial charge in [-0.25, -0.2) is 0 Å². The molecule has 1 saturated carbocycles. The van der Waals surface area contributed by atoms with E-state index in [1.807, 2.05) is 12.1 Å². The van der Waals surface area contributed by atoms with Crippen molar-refractivity contribution in [2.45, 2.75) is 50.7 Å². The summed E-state index contributed by atoms with van der Waals surface area (Å²) < 4.78 is 5.06. The van der Waals surface area contributed by atoms with Gasteiger partial charge in [0.2, 0.25) is 5.89 Å². The summed E-state index contributed by atoms with van der Waals surface area (Å²) in [6.45, 7) is 0.849. The highest BCUT2D eigenvalue weighted by molar-refractivity contribution is 6.30. The van der Waals surface area contributed by atoms with Crippen molar-refractivity contribution in [1.29, 1.82) is 0 Å². The zero-order chi connectivity index (χ0) is 15.4. The third-order valence-corrected chi connectivity index (χ3v) is 4.63. The molecule has 1 fully saturated rings. The smallest absolute Gasteiger partial charge is 0.240 e. The molecule has 0 atom stereocenters. The van der Waals surface area contributed by atoms with Crippen LogP contribution < -0.4 is 11.1 Å². The summed E-state index contributed by atoms with van der Waals surface area (Å²) in [5, 5.41) is 8.38. The third-order valence-electron chi connectivity index (χ3n) is 4.37. The van der Waals surface area contributed by atoms with E-state index in [4.69, 9.17) is 21.9 Å². The van der Waals surface area contributed by atoms with Gasteiger partial charge >= 0.3 is 0 Å². The second-order valence-electron chi connectivity index (χ2n) is 5.81. The molecule has 1 aliphatic rings. The van der Waals surface area contributed by atoms with Gasteiger partial charge in [0.15, 0.2) is 5.82 Å². The zero-order valence-corrected chi connectivity index (χ0v) is 14.5. The lowest BCUT2D eigenvalue weighted by Gasteiger charge is -2.38. The molecular formula is C16H22Cl2N4O. The Morgan fingerprint density at radius 1 is 1.17 bits per heavy atom. The molecule has 0 saturated heterocycles. The van der Waals surface area contributed by atoms with Crippen molar-refractivity contribution >= 4 is 24.0 Å². The molecule has 5 nitrogen and oxygen atoms in total. The third kappa shape index (κ3) is 4.23. The average Bonchev–Trinajstić information content (AvgIpc) is 3.03. The molecule has 1 aromatic carbocycles. The molecule has 1 aromatic heterocycles. The van der Waals surface area contributed by atoms with E-state index in [1.54, 1.807) is 0 Å². The van der Waals surface area contributed by atoms with E-state index < -0.39 is 0 Å². The number of nitrogens with one attached hydrogen (secondary N) is 1. The van der Waals surface area contributed by atoms with Crippen LogP contribution in [-0.2, 0) is 18.6 Å². The summed E-state index contributed by atoms with van der Waals surface area (Å²) in [6, 6.07) is 8.13. The van der Waals surface area contributed by atoms with Crippen LogP contribution in [-0.4, -0.2) is 10.1 Å². The Bertz CT molecular complexity index is 609. The fourth-order valence-electron chi connectivity index (χ4n) is 3.18. The van der Waals surface area contributed by atoms with E-state index in [2.05, 4.69) is 27.6 Å². The minimum atomic E-state index is -0.0354. The molecule has 3 rings (SSSR count). The number of hydrogen-bond donors (Lipinski definition) is 2. The number of rotatable bonds is 5. The summed E-state index contributed by atoms with van der Waals surface area (Å²) in [4.78, 5) is 4.27. The van der Waals surface area contributed by atoms with Crippen LogP contribution in [0, 0.1) is 0 Å². The van der Waals surface area contributed by atoms with Crippen LogP contribution in [0.15, 0.2) is 28.8 Å². The Morgan fingerprint density at radius 3 is 2.48 bits per heavy atom. The fourth-order valence-corrected chi connectivity index (χ4v) is 3.31. The van der Waals surface area contributed by atoms with Crippen LogP contribution in [0.2, 0.25) is 5.02 Å². The van der Waals surface area contributed by atoms with Gasteiger partial charge in [0.1, 0.15) is 0 Å². The molecule has 0 unspecified atom stereocenters. The molecule has 1 heterocycles. The van der Waals surface area contributed by atoms with Crippen LogP contribution in [0.1, 0.15) is 49.4 Å². The topological polar surface area (TPSA) is 77.0 Å². The lowest BCUT2D eigenvalue weighted by molar-refractivity contribution is 0.228. The molecule has 126 valence electrons. The van der Waals surface area contributed by atoms with Crippen molar-refractivity contribution in [3.8, 4) is 0 Å². The van der Waals surface area contributed by atoms with E-state index in [0.29, 0.717) is 18.3 Å². The molecule has 2 aromatic rings. The molecule has 0 spiro atoms. The Hall–Kier alpha value is -1.14. The fraction of sp³-hybridized carbons (Fsp3) is 0.500. The largest absolute Gasteiger partial charge is 0.338 e. The number of benzene rings is 1. The first-order chi connectivity index (χ1) is 10.7. The minimum Gasteiger partial charge on any atom is -0.338 e. The molecule has 3 N–H and O–H groups in total. The molecule has 0 aliphatic heterocycles. The number of nitrogens with two attached hydrogens (primary N) is 1. The quantitative estimate of drug-likeness (QED) is 0.856. The second-order valence-corrected chi connectivity index (χ2v) is 6.25. The normalized spacial score (nSPS) is 16.8. The first-order valence-corrected chi connectivity index (χ1v) is 8.12. The van der Waals surface area contributed by atoms with E-state index in [0.717, 1.165) is 17.9 Å². The average molecular weight is 357 g/mol. The van der Waals surface area contributed by atoms with Crippen molar-refractivity contribution < 1.29 is 4.52 Å². The van der Waals surface area contributed by atoms with Crippen LogP contribution in [0.5, 0.6) is 0 Å². The predicted octanol–water partition coefficient (Wildman–Crippen LogP) is 3.55. The molecule has 0 bridgehead atoms. The summed E-state index contributed by atoms with van der Waals surface area (Å²) in [6.07, 6.45) is 5.94. The van der Waals surface area contributed by atoms with Crippen LogP contribution in [0.3, 0.4) is 0 Å². The Morgan fingerprint density at radius 2 is 1.87 bits per heavy atom. The number of hydrogen-bond acceptors (Lipinski definition) is 5. The van der Waals surface area contributed by atoms with E-state index in [-0.39, 0.29) is 24.5 Å². The van der Waals surface area contributed by atoms with Gasteiger partial charge in [-0.05, 0) is 30.5 Å². The molecule has 23 heavy (non-hydrogen) atoms.